The Morgan fingerprint density at radius 2 is 2.16 bits per heavy atom. The monoisotopic (exact) mass is 318 g/mol. The highest BCUT2D eigenvalue weighted by atomic mass is 35.5. The molecule has 0 aromatic carbocycles. The number of aromatic carboxylic acids is 1. The van der Waals surface area contributed by atoms with E-state index < -0.39 is 16.0 Å². The Bertz CT molecular complexity index is 727. The van der Waals surface area contributed by atoms with Crippen LogP contribution in [0.2, 0.25) is 5.02 Å². The van der Waals surface area contributed by atoms with Crippen molar-refractivity contribution in [3.8, 4) is 0 Å². The Labute approximate surface area is 117 Å². The molecule has 0 spiro atoms. The van der Waals surface area contributed by atoms with E-state index in [4.69, 9.17) is 16.7 Å². The van der Waals surface area contributed by atoms with Gasteiger partial charge in [-0.3, -0.25) is 4.72 Å². The van der Waals surface area contributed by atoms with Crippen LogP contribution in [-0.2, 0) is 10.0 Å². The van der Waals surface area contributed by atoms with Crippen molar-refractivity contribution in [3.05, 3.63) is 40.4 Å². The third kappa shape index (κ3) is 3.22. The van der Waals surface area contributed by atoms with Gasteiger partial charge in [-0.25, -0.2) is 18.2 Å². The number of pyridine rings is 1. The van der Waals surface area contributed by atoms with E-state index in [1.54, 1.807) is 0 Å². The van der Waals surface area contributed by atoms with Crippen molar-refractivity contribution in [2.75, 3.05) is 4.72 Å². The number of hydrogen-bond donors (Lipinski definition) is 2. The van der Waals surface area contributed by atoms with E-state index in [9.17, 15) is 13.2 Å². The fourth-order valence-corrected chi connectivity index (χ4v) is 3.53. The molecule has 2 N–H and O–H groups in total. The van der Waals surface area contributed by atoms with Crippen molar-refractivity contribution in [3.63, 3.8) is 0 Å². The number of sulfonamides is 1. The summed E-state index contributed by atoms with van der Waals surface area (Å²) in [5, 5.41) is 10.3. The molecule has 100 valence electrons. The number of rotatable bonds is 4. The first-order chi connectivity index (χ1) is 8.88. The quantitative estimate of drug-likeness (QED) is 0.901. The minimum Gasteiger partial charge on any atom is -0.478 e. The lowest BCUT2D eigenvalue weighted by molar-refractivity contribution is 0.0697. The van der Waals surface area contributed by atoms with E-state index >= 15 is 0 Å². The Hall–Kier alpha value is -1.64. The standard InChI is InChI=1S/C10H7ClN2O4S2/c11-7-1-2-12-8(4-7)13-19(16,17)9-3-6(5-18-9)10(14)15/h1-5H,(H,12,13)(H,14,15). The predicted octanol–water partition coefficient (Wildman–Crippen LogP) is 2.30. The van der Waals surface area contributed by atoms with Gasteiger partial charge in [-0.1, -0.05) is 11.6 Å². The summed E-state index contributed by atoms with van der Waals surface area (Å²) in [6, 6.07) is 3.94. The van der Waals surface area contributed by atoms with Crippen molar-refractivity contribution in [1.82, 2.24) is 4.98 Å². The molecule has 2 aromatic rings. The number of anilines is 1. The highest BCUT2D eigenvalue weighted by molar-refractivity contribution is 7.94. The average Bonchev–Trinajstić information content (AvgIpc) is 2.78. The Morgan fingerprint density at radius 3 is 2.74 bits per heavy atom. The van der Waals surface area contributed by atoms with Crippen LogP contribution >= 0.6 is 22.9 Å². The van der Waals surface area contributed by atoms with Crippen molar-refractivity contribution in [1.29, 1.82) is 0 Å². The second-order valence-electron chi connectivity index (χ2n) is 3.42. The zero-order chi connectivity index (χ0) is 14.0. The molecule has 6 nitrogen and oxygen atoms in total. The molecule has 0 saturated heterocycles. The van der Waals surface area contributed by atoms with Gasteiger partial charge in [-0.15, -0.1) is 11.3 Å². The summed E-state index contributed by atoms with van der Waals surface area (Å²) >= 11 is 6.53. The molecule has 2 heterocycles. The largest absolute Gasteiger partial charge is 0.478 e. The number of nitrogens with one attached hydrogen (secondary N) is 1. The van der Waals surface area contributed by atoms with Crippen LogP contribution < -0.4 is 4.72 Å². The van der Waals surface area contributed by atoms with Gasteiger partial charge in [0, 0.05) is 22.7 Å². The normalized spacial score (nSPS) is 11.2. The zero-order valence-corrected chi connectivity index (χ0v) is 11.6. The number of nitrogens with zero attached hydrogens (tertiary/aromatic N) is 1. The van der Waals surface area contributed by atoms with Crippen LogP contribution in [0.25, 0.3) is 0 Å². The van der Waals surface area contributed by atoms with E-state index in [1.807, 2.05) is 0 Å². The first-order valence-corrected chi connectivity index (χ1v) is 7.59. The lowest BCUT2D eigenvalue weighted by Gasteiger charge is -2.04. The molecule has 0 saturated carbocycles. The lowest BCUT2D eigenvalue weighted by atomic mass is 10.4. The summed E-state index contributed by atoms with van der Waals surface area (Å²) in [6.07, 6.45) is 1.36. The molecule has 9 heteroatoms. The Kier molecular flexibility index (Phi) is 3.74. The summed E-state index contributed by atoms with van der Waals surface area (Å²) in [4.78, 5) is 14.5. The van der Waals surface area contributed by atoms with E-state index in [2.05, 4.69) is 9.71 Å². The van der Waals surface area contributed by atoms with Gasteiger partial charge in [-0.05, 0) is 12.1 Å². The second-order valence-corrected chi connectivity index (χ2v) is 6.68. The Morgan fingerprint density at radius 1 is 1.42 bits per heavy atom. The van der Waals surface area contributed by atoms with Crippen molar-refractivity contribution >= 4 is 44.7 Å². The maximum Gasteiger partial charge on any atom is 0.336 e. The van der Waals surface area contributed by atoms with Crippen LogP contribution in [0, 0.1) is 0 Å². The third-order valence-electron chi connectivity index (χ3n) is 2.05. The highest BCUT2D eigenvalue weighted by Gasteiger charge is 2.19. The summed E-state index contributed by atoms with van der Waals surface area (Å²) < 4.78 is 26.1. The summed E-state index contributed by atoms with van der Waals surface area (Å²) in [5.74, 6) is -1.11. The second kappa shape index (κ2) is 5.16. The SMILES string of the molecule is O=C(O)c1csc(S(=O)(=O)Nc2cc(Cl)ccn2)c1. The first-order valence-electron chi connectivity index (χ1n) is 4.85. The first kappa shape index (κ1) is 13.8. The molecule has 2 aromatic heterocycles. The average molecular weight is 319 g/mol. The highest BCUT2D eigenvalue weighted by Crippen LogP contribution is 2.23. The van der Waals surface area contributed by atoms with Crippen LogP contribution in [0.4, 0.5) is 5.82 Å². The smallest absolute Gasteiger partial charge is 0.336 e. The van der Waals surface area contributed by atoms with Crippen LogP contribution in [-0.4, -0.2) is 24.5 Å². The lowest BCUT2D eigenvalue weighted by Crippen LogP contribution is -2.12. The zero-order valence-electron chi connectivity index (χ0n) is 9.20. The molecule has 0 fully saturated rings. The van der Waals surface area contributed by atoms with Gasteiger partial charge in [0.05, 0.1) is 5.56 Å². The number of hydrogen-bond acceptors (Lipinski definition) is 5. The molecular weight excluding hydrogens is 312 g/mol. The molecule has 0 bridgehead atoms. The van der Waals surface area contributed by atoms with E-state index in [0.29, 0.717) is 5.02 Å². The van der Waals surface area contributed by atoms with E-state index in [-0.39, 0.29) is 15.6 Å². The van der Waals surface area contributed by atoms with Crippen LogP contribution in [0.3, 0.4) is 0 Å². The number of carbonyl (C=O) groups is 1. The van der Waals surface area contributed by atoms with Crippen molar-refractivity contribution < 1.29 is 18.3 Å². The number of carboxylic acids is 1. The summed E-state index contributed by atoms with van der Waals surface area (Å²) in [5.41, 5.74) is -0.0792. The van der Waals surface area contributed by atoms with Crippen molar-refractivity contribution in [2.45, 2.75) is 4.21 Å². The van der Waals surface area contributed by atoms with Crippen LogP contribution in [0.15, 0.2) is 34.0 Å². The van der Waals surface area contributed by atoms with Gasteiger partial charge >= 0.3 is 5.97 Å². The van der Waals surface area contributed by atoms with Crippen molar-refractivity contribution in [2.24, 2.45) is 0 Å². The number of aromatic nitrogens is 1. The van der Waals surface area contributed by atoms with Gasteiger partial charge in [0.15, 0.2) is 0 Å². The van der Waals surface area contributed by atoms with Gasteiger partial charge in [0.1, 0.15) is 10.0 Å². The maximum atomic E-state index is 12.0. The van der Waals surface area contributed by atoms with Gasteiger partial charge in [0.25, 0.3) is 10.0 Å². The van der Waals surface area contributed by atoms with Crippen LogP contribution in [0.5, 0.6) is 0 Å². The fourth-order valence-electron chi connectivity index (χ4n) is 1.22. The molecule has 19 heavy (non-hydrogen) atoms. The summed E-state index contributed by atoms with van der Waals surface area (Å²) in [7, 11) is -3.86. The molecule has 0 unspecified atom stereocenters. The topological polar surface area (TPSA) is 96.4 Å². The van der Waals surface area contributed by atoms with E-state index in [1.165, 1.54) is 23.7 Å². The number of thiophene rings is 1. The minimum absolute atomic E-state index is 0.0674. The summed E-state index contributed by atoms with van der Waals surface area (Å²) in [6.45, 7) is 0. The Balaban J connectivity index is 2.29. The number of halogens is 1. The molecule has 2 rings (SSSR count). The van der Waals surface area contributed by atoms with Gasteiger partial charge < -0.3 is 5.11 Å². The number of carboxylic acid groups (broad SMARTS) is 1. The minimum atomic E-state index is -3.86. The molecule has 0 amide bonds. The maximum absolute atomic E-state index is 12.0. The molecule has 0 atom stereocenters. The van der Waals surface area contributed by atoms with Gasteiger partial charge in [0.2, 0.25) is 0 Å². The fraction of sp³-hybridized carbons (Fsp3) is 0. The molecular formula is C10H7ClN2O4S2. The predicted molar refractivity (Wildman–Crippen MR) is 71.3 cm³/mol. The molecule has 0 aliphatic heterocycles. The molecule has 0 aliphatic rings. The van der Waals surface area contributed by atoms with Crippen LogP contribution in [0.1, 0.15) is 10.4 Å². The van der Waals surface area contributed by atoms with Gasteiger partial charge in [-0.2, -0.15) is 0 Å². The molecule has 0 aliphatic carbocycles. The third-order valence-corrected chi connectivity index (χ3v) is 5.08. The van der Waals surface area contributed by atoms with E-state index in [0.717, 1.165) is 17.4 Å². The molecule has 0 radical (unpaired) electrons.